The number of carboxylic acid groups (broad SMARTS) is 1. The first-order valence-electron chi connectivity index (χ1n) is 6.28. The highest BCUT2D eigenvalue weighted by molar-refractivity contribution is 6.01. The van der Waals surface area contributed by atoms with Crippen molar-refractivity contribution in [3.8, 4) is 0 Å². The van der Waals surface area contributed by atoms with E-state index < -0.39 is 5.97 Å². The summed E-state index contributed by atoms with van der Waals surface area (Å²) in [6.45, 7) is 2.32. The molecule has 19 heavy (non-hydrogen) atoms. The molecule has 1 fully saturated rings. The van der Waals surface area contributed by atoms with Crippen molar-refractivity contribution < 1.29 is 19.4 Å². The van der Waals surface area contributed by atoms with Gasteiger partial charge in [0.1, 0.15) is 6.61 Å². The molecule has 0 aliphatic heterocycles. The first kappa shape index (κ1) is 13.5. The van der Waals surface area contributed by atoms with E-state index in [0.29, 0.717) is 18.2 Å². The molecule has 5 nitrogen and oxygen atoms in total. The molecule has 0 atom stereocenters. The smallest absolute Gasteiger partial charge is 0.337 e. The second-order valence-electron chi connectivity index (χ2n) is 4.81. The lowest BCUT2D eigenvalue weighted by Gasteiger charge is -2.11. The number of carboxylic acids is 1. The SMILES string of the molecule is Cc1cccc(C(=O)O)c1NC(=O)COCC1CC1. The summed E-state index contributed by atoms with van der Waals surface area (Å²) in [6, 6.07) is 4.88. The van der Waals surface area contributed by atoms with Crippen molar-refractivity contribution in [1.82, 2.24) is 0 Å². The van der Waals surface area contributed by atoms with Crippen molar-refractivity contribution >= 4 is 17.6 Å². The number of aryl methyl sites for hydroxylation is 1. The van der Waals surface area contributed by atoms with Crippen LogP contribution in [0.4, 0.5) is 5.69 Å². The lowest BCUT2D eigenvalue weighted by Crippen LogP contribution is -2.21. The summed E-state index contributed by atoms with van der Waals surface area (Å²) in [5.41, 5.74) is 1.15. The predicted octanol–water partition coefficient (Wildman–Crippen LogP) is 2.06. The van der Waals surface area contributed by atoms with Gasteiger partial charge in [-0.25, -0.2) is 4.79 Å². The Bertz CT molecular complexity index is 494. The first-order chi connectivity index (χ1) is 9.08. The topological polar surface area (TPSA) is 75.6 Å². The average Bonchev–Trinajstić information content (AvgIpc) is 3.15. The summed E-state index contributed by atoms with van der Waals surface area (Å²) in [6.07, 6.45) is 2.34. The number of para-hydroxylation sites is 1. The highest BCUT2D eigenvalue weighted by Gasteiger charge is 2.21. The summed E-state index contributed by atoms with van der Waals surface area (Å²) in [5.74, 6) is -0.781. The molecule has 1 aromatic carbocycles. The molecule has 0 heterocycles. The number of nitrogens with one attached hydrogen (secondary N) is 1. The van der Waals surface area contributed by atoms with E-state index in [1.54, 1.807) is 19.1 Å². The maximum atomic E-state index is 11.7. The Morgan fingerprint density at radius 2 is 2.16 bits per heavy atom. The molecule has 1 aromatic rings. The molecule has 1 amide bonds. The van der Waals surface area contributed by atoms with E-state index in [0.717, 1.165) is 5.56 Å². The van der Waals surface area contributed by atoms with Crippen molar-refractivity contribution in [3.63, 3.8) is 0 Å². The minimum atomic E-state index is -1.06. The number of anilines is 1. The third-order valence-corrected chi connectivity index (χ3v) is 3.05. The first-order valence-corrected chi connectivity index (χ1v) is 6.28. The zero-order valence-electron chi connectivity index (χ0n) is 10.8. The van der Waals surface area contributed by atoms with Crippen molar-refractivity contribution in [1.29, 1.82) is 0 Å². The number of hydrogen-bond donors (Lipinski definition) is 2. The third kappa shape index (κ3) is 3.79. The number of amides is 1. The van der Waals surface area contributed by atoms with Gasteiger partial charge in [0.15, 0.2) is 0 Å². The van der Waals surface area contributed by atoms with Crippen LogP contribution in [0.15, 0.2) is 18.2 Å². The van der Waals surface area contributed by atoms with E-state index in [1.165, 1.54) is 18.9 Å². The van der Waals surface area contributed by atoms with E-state index in [2.05, 4.69) is 5.32 Å². The summed E-state index contributed by atoms with van der Waals surface area (Å²) >= 11 is 0. The van der Waals surface area contributed by atoms with Crippen LogP contribution in [0.1, 0.15) is 28.8 Å². The molecule has 1 aliphatic rings. The molecular formula is C14H17NO4. The van der Waals surface area contributed by atoms with Gasteiger partial charge in [-0.15, -0.1) is 0 Å². The molecule has 2 N–H and O–H groups in total. The fraction of sp³-hybridized carbons (Fsp3) is 0.429. The summed E-state index contributed by atoms with van der Waals surface area (Å²) in [7, 11) is 0. The molecule has 2 rings (SSSR count). The van der Waals surface area contributed by atoms with Gasteiger partial charge in [0.05, 0.1) is 17.9 Å². The van der Waals surface area contributed by atoms with Crippen LogP contribution < -0.4 is 5.32 Å². The number of rotatable bonds is 6. The standard InChI is InChI=1S/C14H17NO4/c1-9-3-2-4-11(14(17)18)13(9)15-12(16)8-19-7-10-5-6-10/h2-4,10H,5-8H2,1H3,(H,15,16)(H,17,18). The van der Waals surface area contributed by atoms with Gasteiger partial charge in [-0.05, 0) is 37.3 Å². The molecule has 5 heteroatoms. The van der Waals surface area contributed by atoms with E-state index in [9.17, 15) is 9.59 Å². The molecule has 1 saturated carbocycles. The Kier molecular flexibility index (Phi) is 4.16. The van der Waals surface area contributed by atoms with E-state index in [-0.39, 0.29) is 18.1 Å². The molecule has 0 radical (unpaired) electrons. The van der Waals surface area contributed by atoms with Gasteiger partial charge < -0.3 is 15.2 Å². The molecule has 0 bridgehead atoms. The van der Waals surface area contributed by atoms with E-state index >= 15 is 0 Å². The number of hydrogen-bond acceptors (Lipinski definition) is 3. The molecular weight excluding hydrogens is 246 g/mol. The second kappa shape index (κ2) is 5.84. The van der Waals surface area contributed by atoms with Crippen LogP contribution in [0, 0.1) is 12.8 Å². The highest BCUT2D eigenvalue weighted by atomic mass is 16.5. The Morgan fingerprint density at radius 1 is 1.42 bits per heavy atom. The molecule has 0 spiro atoms. The molecule has 0 unspecified atom stereocenters. The lowest BCUT2D eigenvalue weighted by molar-refractivity contribution is -0.120. The van der Waals surface area contributed by atoms with Crippen LogP contribution in [-0.2, 0) is 9.53 Å². The van der Waals surface area contributed by atoms with Crippen LogP contribution in [0.2, 0.25) is 0 Å². The number of carbonyl (C=O) groups is 2. The van der Waals surface area contributed by atoms with Crippen molar-refractivity contribution in [2.75, 3.05) is 18.5 Å². The van der Waals surface area contributed by atoms with Crippen LogP contribution in [0.5, 0.6) is 0 Å². The Balaban J connectivity index is 1.96. The maximum Gasteiger partial charge on any atom is 0.337 e. The van der Waals surface area contributed by atoms with Crippen molar-refractivity contribution in [3.05, 3.63) is 29.3 Å². The second-order valence-corrected chi connectivity index (χ2v) is 4.81. The Labute approximate surface area is 111 Å². The molecule has 0 aromatic heterocycles. The highest BCUT2D eigenvalue weighted by Crippen LogP contribution is 2.28. The molecule has 102 valence electrons. The van der Waals surface area contributed by atoms with Crippen LogP contribution in [0.3, 0.4) is 0 Å². The fourth-order valence-corrected chi connectivity index (χ4v) is 1.79. The number of carbonyl (C=O) groups excluding carboxylic acids is 1. The van der Waals surface area contributed by atoms with Gasteiger partial charge in [-0.3, -0.25) is 4.79 Å². The van der Waals surface area contributed by atoms with Gasteiger partial charge in [0, 0.05) is 0 Å². The normalized spacial score (nSPS) is 14.2. The van der Waals surface area contributed by atoms with E-state index in [4.69, 9.17) is 9.84 Å². The third-order valence-electron chi connectivity index (χ3n) is 3.05. The summed E-state index contributed by atoms with van der Waals surface area (Å²) < 4.78 is 5.27. The summed E-state index contributed by atoms with van der Waals surface area (Å²) in [4.78, 5) is 22.8. The van der Waals surface area contributed by atoms with Gasteiger partial charge in [-0.1, -0.05) is 12.1 Å². The van der Waals surface area contributed by atoms with Gasteiger partial charge in [0.2, 0.25) is 5.91 Å². The van der Waals surface area contributed by atoms with Gasteiger partial charge >= 0.3 is 5.97 Å². The zero-order chi connectivity index (χ0) is 13.8. The quantitative estimate of drug-likeness (QED) is 0.823. The lowest BCUT2D eigenvalue weighted by atomic mass is 10.1. The van der Waals surface area contributed by atoms with Crippen LogP contribution in [0.25, 0.3) is 0 Å². The minimum absolute atomic E-state index is 0.0378. The van der Waals surface area contributed by atoms with Crippen LogP contribution >= 0.6 is 0 Å². The number of aromatic carboxylic acids is 1. The van der Waals surface area contributed by atoms with Gasteiger partial charge in [0.25, 0.3) is 0 Å². The zero-order valence-corrected chi connectivity index (χ0v) is 10.8. The average molecular weight is 263 g/mol. The number of benzene rings is 1. The monoisotopic (exact) mass is 263 g/mol. The van der Waals surface area contributed by atoms with E-state index in [1.807, 2.05) is 0 Å². The largest absolute Gasteiger partial charge is 0.478 e. The van der Waals surface area contributed by atoms with Gasteiger partial charge in [-0.2, -0.15) is 0 Å². The Hall–Kier alpha value is -1.88. The van der Waals surface area contributed by atoms with Crippen LogP contribution in [-0.4, -0.2) is 30.2 Å². The van der Waals surface area contributed by atoms with Crippen molar-refractivity contribution in [2.24, 2.45) is 5.92 Å². The predicted molar refractivity (Wildman–Crippen MR) is 70.3 cm³/mol. The fourth-order valence-electron chi connectivity index (χ4n) is 1.79. The molecule has 0 saturated heterocycles. The Morgan fingerprint density at radius 3 is 2.79 bits per heavy atom. The molecule has 1 aliphatic carbocycles. The summed E-state index contributed by atoms with van der Waals surface area (Å²) in [5, 5.41) is 11.7. The maximum absolute atomic E-state index is 11.7. The minimum Gasteiger partial charge on any atom is -0.478 e. The van der Waals surface area contributed by atoms with Crippen molar-refractivity contribution in [2.45, 2.75) is 19.8 Å². The number of ether oxygens (including phenoxy) is 1.